The fourth-order valence-corrected chi connectivity index (χ4v) is 11.4. The predicted octanol–water partition coefficient (Wildman–Crippen LogP) is 5.16. The maximum Gasteiger partial charge on any atom is 0.118 e. The van der Waals surface area contributed by atoms with Crippen molar-refractivity contribution in [3.8, 4) is 0 Å². The number of fused-ring (bicyclic) bond motifs is 7. The Labute approximate surface area is 321 Å². The topological polar surface area (TPSA) is 135 Å². The van der Waals surface area contributed by atoms with Gasteiger partial charge in [-0.1, -0.05) is 30.4 Å². The molecule has 54 heavy (non-hydrogen) atoms. The zero-order valence-corrected chi connectivity index (χ0v) is 33.1. The zero-order valence-electron chi connectivity index (χ0n) is 33.1. The Bertz CT molecular complexity index is 1420. The van der Waals surface area contributed by atoms with Crippen molar-refractivity contribution in [2.75, 3.05) is 6.61 Å². The van der Waals surface area contributed by atoms with E-state index in [1.54, 1.807) is 0 Å². The van der Waals surface area contributed by atoms with E-state index in [0.29, 0.717) is 57.8 Å². The number of ether oxygens (including phenoxy) is 8. The van der Waals surface area contributed by atoms with Gasteiger partial charge in [0, 0.05) is 45.1 Å². The van der Waals surface area contributed by atoms with E-state index in [0.717, 1.165) is 25.7 Å². The van der Waals surface area contributed by atoms with Gasteiger partial charge >= 0.3 is 0 Å². The van der Waals surface area contributed by atoms with Gasteiger partial charge in [0.05, 0.1) is 95.7 Å². The third kappa shape index (κ3) is 7.25. The Kier molecular flexibility index (Phi) is 10.9. The molecular formula is C43H66O11. The summed E-state index contributed by atoms with van der Waals surface area (Å²) in [5.74, 6) is 0. The number of aliphatic hydroxyl groups is 3. The summed E-state index contributed by atoms with van der Waals surface area (Å²) in [7, 11) is 0. The summed E-state index contributed by atoms with van der Waals surface area (Å²) in [5, 5.41) is 32.2. The van der Waals surface area contributed by atoms with E-state index in [-0.39, 0.29) is 73.8 Å². The summed E-state index contributed by atoms with van der Waals surface area (Å²) in [6.45, 7) is 14.2. The first kappa shape index (κ1) is 39.6. The second-order valence-corrected chi connectivity index (χ2v) is 18.9. The Hall–Kier alpha value is -1.22. The minimum absolute atomic E-state index is 0.0932. The molecule has 8 rings (SSSR count). The molecule has 0 bridgehead atoms. The number of hydrogen-bond donors (Lipinski definition) is 3. The molecule has 0 aromatic carbocycles. The Balaban J connectivity index is 0.944. The maximum atomic E-state index is 11.4. The van der Waals surface area contributed by atoms with Crippen molar-refractivity contribution in [2.45, 2.75) is 225 Å². The van der Waals surface area contributed by atoms with Crippen LogP contribution < -0.4 is 0 Å². The molecule has 8 aliphatic rings. The first-order chi connectivity index (χ1) is 25.7. The van der Waals surface area contributed by atoms with Crippen LogP contribution in [-0.2, 0) is 37.9 Å². The average molecular weight is 759 g/mol. The van der Waals surface area contributed by atoms with Crippen LogP contribution in [0.4, 0.5) is 0 Å². The van der Waals surface area contributed by atoms with Gasteiger partial charge in [-0.25, -0.2) is 0 Å². The van der Waals surface area contributed by atoms with Crippen LogP contribution in [0.2, 0.25) is 0 Å². The van der Waals surface area contributed by atoms with Gasteiger partial charge in [-0.05, 0) is 79.6 Å². The van der Waals surface area contributed by atoms with Crippen LogP contribution >= 0.6 is 0 Å². The van der Waals surface area contributed by atoms with E-state index in [4.69, 9.17) is 37.9 Å². The van der Waals surface area contributed by atoms with Gasteiger partial charge in [0.1, 0.15) is 11.7 Å². The monoisotopic (exact) mass is 758 g/mol. The molecule has 0 aromatic heterocycles. The van der Waals surface area contributed by atoms with E-state index in [9.17, 15) is 15.3 Å². The second kappa shape index (κ2) is 14.9. The van der Waals surface area contributed by atoms with Gasteiger partial charge in [-0.3, -0.25) is 0 Å². The quantitative estimate of drug-likeness (QED) is 0.235. The van der Waals surface area contributed by atoms with Crippen molar-refractivity contribution in [3.63, 3.8) is 0 Å². The second-order valence-electron chi connectivity index (χ2n) is 18.9. The minimum Gasteiger partial charge on any atom is -0.396 e. The van der Waals surface area contributed by atoms with Gasteiger partial charge in [-0.15, -0.1) is 6.58 Å². The van der Waals surface area contributed by atoms with Gasteiger partial charge in [0.2, 0.25) is 0 Å². The molecule has 8 heterocycles. The van der Waals surface area contributed by atoms with Crippen molar-refractivity contribution in [1.29, 1.82) is 0 Å². The fraction of sp³-hybridized carbons (Fsp3) is 0.860. The molecule has 0 amide bonds. The molecule has 3 N–H and O–H groups in total. The highest BCUT2D eigenvalue weighted by atomic mass is 16.6. The molecule has 11 nitrogen and oxygen atoms in total. The number of rotatable bonds is 7. The van der Waals surface area contributed by atoms with E-state index in [1.807, 2.05) is 44.2 Å². The summed E-state index contributed by atoms with van der Waals surface area (Å²) in [6, 6.07) is 0. The lowest BCUT2D eigenvalue weighted by molar-refractivity contribution is -0.369. The molecule has 0 radical (unpaired) electrons. The van der Waals surface area contributed by atoms with Crippen LogP contribution in [0, 0.1) is 0 Å². The standard InChI is InChI=1S/C43H66O11/c1-7-8-9-10-11-14-34-39(2,46)18-17-28-30(49-34)22-36-42(5,52-28)25-41(4)35(51-36)16-15-27-31(53-41)21-29-32(48-27)24-40(3)37(50-29)23-38-43(6,54-40)33(45)20-26(47-38)13-12-19-44/h7,9-11,14,26-38,44-46H,1,8,12-13,15-25H2,2-6H3/b10-9-,14-11-/t26-,27+,28+,29+,30-,31-,32-,33-,34+,35-,36+,37-,38+,39-,40+,41+,42-,43-/m0/s1. The van der Waals surface area contributed by atoms with Crippen LogP contribution in [0.25, 0.3) is 0 Å². The lowest BCUT2D eigenvalue weighted by Gasteiger charge is -2.61. The molecule has 0 saturated carbocycles. The normalized spacial score (nSPS) is 54.5. The molecule has 8 fully saturated rings. The van der Waals surface area contributed by atoms with Crippen molar-refractivity contribution < 1.29 is 53.2 Å². The molecule has 0 aliphatic carbocycles. The van der Waals surface area contributed by atoms with E-state index in [2.05, 4.69) is 27.4 Å². The van der Waals surface area contributed by atoms with Gasteiger partial charge in [0.15, 0.2) is 0 Å². The summed E-state index contributed by atoms with van der Waals surface area (Å²) in [5.41, 5.74) is -3.63. The maximum absolute atomic E-state index is 11.4. The van der Waals surface area contributed by atoms with Crippen molar-refractivity contribution >= 4 is 0 Å². The first-order valence-electron chi connectivity index (χ1n) is 21.0. The van der Waals surface area contributed by atoms with Crippen LogP contribution in [0.1, 0.15) is 118 Å². The van der Waals surface area contributed by atoms with Crippen LogP contribution in [-0.4, -0.2) is 129 Å². The Morgan fingerprint density at radius 1 is 0.704 bits per heavy atom. The van der Waals surface area contributed by atoms with Gasteiger partial charge in [-0.2, -0.15) is 0 Å². The summed E-state index contributed by atoms with van der Waals surface area (Å²) < 4.78 is 55.1. The third-order valence-electron chi connectivity index (χ3n) is 14.5. The Morgan fingerprint density at radius 2 is 1.46 bits per heavy atom. The molecule has 18 atom stereocenters. The fourth-order valence-electron chi connectivity index (χ4n) is 11.4. The molecule has 0 spiro atoms. The number of allylic oxidation sites excluding steroid dienone is 4. The summed E-state index contributed by atoms with van der Waals surface area (Å²) in [4.78, 5) is 0. The molecule has 0 aromatic rings. The predicted molar refractivity (Wildman–Crippen MR) is 200 cm³/mol. The SMILES string of the molecule is C=CC/C=C\C=C/[C@H]1O[C@H]2C[C@H]3O[C@H]4CC[C@H]5O[C@H]6C[C@@]7(C)O[C@@]8(C)[C@@H](O)C[C@H](CCCO)O[C@@H]8C[C@@H]7O[C@@H]6C[C@@H]5O[C@]4(C)C[C@]3(C)O[C@@H]2CC[C@]1(C)O. The smallest absolute Gasteiger partial charge is 0.118 e. The van der Waals surface area contributed by atoms with Crippen LogP contribution in [0.15, 0.2) is 37.0 Å². The summed E-state index contributed by atoms with van der Waals surface area (Å²) in [6.07, 6.45) is 15.8. The minimum atomic E-state index is -1.01. The van der Waals surface area contributed by atoms with Crippen LogP contribution in [0.5, 0.6) is 0 Å². The van der Waals surface area contributed by atoms with Gasteiger partial charge < -0.3 is 53.2 Å². The Morgan fingerprint density at radius 3 is 2.26 bits per heavy atom. The summed E-state index contributed by atoms with van der Waals surface area (Å²) >= 11 is 0. The van der Waals surface area contributed by atoms with Crippen LogP contribution in [0.3, 0.4) is 0 Å². The van der Waals surface area contributed by atoms with Gasteiger partial charge in [0.25, 0.3) is 0 Å². The highest BCUT2D eigenvalue weighted by Gasteiger charge is 2.64. The highest BCUT2D eigenvalue weighted by molar-refractivity contribution is 5.14. The van der Waals surface area contributed by atoms with E-state index in [1.165, 1.54) is 0 Å². The van der Waals surface area contributed by atoms with E-state index < -0.39 is 40.2 Å². The lowest BCUT2D eigenvalue weighted by atomic mass is 9.72. The third-order valence-corrected chi connectivity index (χ3v) is 14.5. The van der Waals surface area contributed by atoms with Crippen molar-refractivity contribution in [3.05, 3.63) is 37.0 Å². The highest BCUT2D eigenvalue weighted by Crippen LogP contribution is 2.54. The van der Waals surface area contributed by atoms with E-state index >= 15 is 0 Å². The average Bonchev–Trinajstić information content (AvgIpc) is 3.31. The molecule has 8 aliphatic heterocycles. The lowest BCUT2D eigenvalue weighted by Crippen LogP contribution is -2.72. The zero-order chi connectivity index (χ0) is 38.1. The molecule has 304 valence electrons. The molecule has 8 saturated heterocycles. The number of aliphatic hydroxyl groups excluding tert-OH is 2. The molecule has 0 unspecified atom stereocenters. The molecular weight excluding hydrogens is 692 g/mol. The molecule has 11 heteroatoms. The first-order valence-corrected chi connectivity index (χ1v) is 21.0. The largest absolute Gasteiger partial charge is 0.396 e. The van der Waals surface area contributed by atoms with Crippen molar-refractivity contribution in [1.82, 2.24) is 0 Å². The van der Waals surface area contributed by atoms with Crippen molar-refractivity contribution in [2.24, 2.45) is 0 Å². The number of hydrogen-bond acceptors (Lipinski definition) is 11.